The minimum atomic E-state index is -3.78. The lowest BCUT2D eigenvalue weighted by Crippen LogP contribution is -2.15. The van der Waals surface area contributed by atoms with Crippen LogP contribution in [0.4, 0.5) is 11.5 Å². The molecule has 5 nitrogen and oxygen atoms in total. The Bertz CT molecular complexity index is 704. The van der Waals surface area contributed by atoms with Gasteiger partial charge in [-0.25, -0.2) is 13.4 Å². The van der Waals surface area contributed by atoms with Crippen LogP contribution in [0.1, 0.15) is 0 Å². The van der Waals surface area contributed by atoms with Crippen molar-refractivity contribution in [2.75, 3.05) is 10.5 Å². The number of halogens is 2. The second-order valence-corrected chi connectivity index (χ2v) is 6.65. The summed E-state index contributed by atoms with van der Waals surface area (Å²) in [4.78, 5) is 3.86. The van der Waals surface area contributed by atoms with Crippen molar-refractivity contribution in [3.63, 3.8) is 0 Å². The topological polar surface area (TPSA) is 85.1 Å². The molecule has 1 aromatic heterocycles. The van der Waals surface area contributed by atoms with E-state index >= 15 is 0 Å². The van der Waals surface area contributed by atoms with Crippen LogP contribution in [0.5, 0.6) is 0 Å². The van der Waals surface area contributed by atoms with Gasteiger partial charge in [-0.05, 0) is 30.3 Å². The Labute approximate surface area is 124 Å². The SMILES string of the molecule is Nc1cc(Br)ccc1S(=O)(=O)Nc1ccc(Cl)cn1. The van der Waals surface area contributed by atoms with E-state index in [1.165, 1.54) is 30.5 Å². The molecule has 3 N–H and O–H groups in total. The van der Waals surface area contributed by atoms with Gasteiger partial charge >= 0.3 is 0 Å². The van der Waals surface area contributed by atoms with Crippen LogP contribution < -0.4 is 10.5 Å². The molecule has 8 heteroatoms. The van der Waals surface area contributed by atoms with E-state index in [2.05, 4.69) is 25.6 Å². The van der Waals surface area contributed by atoms with E-state index in [9.17, 15) is 8.42 Å². The van der Waals surface area contributed by atoms with Gasteiger partial charge in [-0.2, -0.15) is 0 Å². The average Bonchev–Trinajstić information content (AvgIpc) is 2.31. The zero-order chi connectivity index (χ0) is 14.0. The van der Waals surface area contributed by atoms with Crippen LogP contribution in [0, 0.1) is 0 Å². The molecule has 0 bridgehead atoms. The molecular weight excluding hydrogens is 354 g/mol. The second-order valence-electron chi connectivity index (χ2n) is 3.65. The summed E-state index contributed by atoms with van der Waals surface area (Å²) < 4.78 is 27.3. The first-order chi connectivity index (χ1) is 8.88. The van der Waals surface area contributed by atoms with Crippen molar-refractivity contribution in [2.24, 2.45) is 0 Å². The number of sulfonamides is 1. The summed E-state index contributed by atoms with van der Waals surface area (Å²) in [6, 6.07) is 7.54. The summed E-state index contributed by atoms with van der Waals surface area (Å²) in [7, 11) is -3.78. The van der Waals surface area contributed by atoms with Gasteiger partial charge in [-0.3, -0.25) is 4.72 Å². The summed E-state index contributed by atoms with van der Waals surface area (Å²) in [5.74, 6) is 0.173. The van der Waals surface area contributed by atoms with Crippen molar-refractivity contribution in [1.82, 2.24) is 4.98 Å². The number of hydrogen-bond acceptors (Lipinski definition) is 4. The normalized spacial score (nSPS) is 11.3. The molecule has 0 spiro atoms. The molecule has 2 rings (SSSR count). The van der Waals surface area contributed by atoms with Crippen molar-refractivity contribution in [3.05, 3.63) is 46.0 Å². The van der Waals surface area contributed by atoms with E-state index in [0.717, 1.165) is 0 Å². The molecule has 0 aliphatic carbocycles. The largest absolute Gasteiger partial charge is 0.398 e. The molecule has 19 heavy (non-hydrogen) atoms. The minimum Gasteiger partial charge on any atom is -0.398 e. The number of rotatable bonds is 3. The lowest BCUT2D eigenvalue weighted by Gasteiger charge is -2.09. The molecular formula is C11H9BrClN3O2S. The van der Waals surface area contributed by atoms with Crippen molar-refractivity contribution in [3.8, 4) is 0 Å². The standard InChI is InChI=1S/C11H9BrClN3O2S/c12-7-1-3-10(9(14)5-7)19(17,18)16-11-4-2-8(13)6-15-11/h1-6H,14H2,(H,15,16). The first-order valence-electron chi connectivity index (χ1n) is 5.08. The third kappa shape index (κ3) is 3.37. The van der Waals surface area contributed by atoms with Crippen LogP contribution in [0.25, 0.3) is 0 Å². The zero-order valence-corrected chi connectivity index (χ0v) is 12.6. The van der Waals surface area contributed by atoms with Crippen molar-refractivity contribution >= 4 is 49.1 Å². The highest BCUT2D eigenvalue weighted by atomic mass is 79.9. The van der Waals surface area contributed by atoms with Crippen molar-refractivity contribution in [1.29, 1.82) is 0 Å². The number of nitrogens with two attached hydrogens (primary N) is 1. The summed E-state index contributed by atoms with van der Waals surface area (Å²) in [5, 5.41) is 0.422. The summed E-state index contributed by atoms with van der Waals surface area (Å²) in [6.45, 7) is 0. The number of nitrogens with zero attached hydrogens (tertiary/aromatic N) is 1. The summed E-state index contributed by atoms with van der Waals surface area (Å²) in [5.41, 5.74) is 5.84. The first kappa shape index (κ1) is 14.1. The number of pyridine rings is 1. The van der Waals surface area contributed by atoms with Gasteiger partial charge in [-0.1, -0.05) is 27.5 Å². The Kier molecular flexibility index (Phi) is 3.98. The third-order valence-electron chi connectivity index (χ3n) is 2.23. The van der Waals surface area contributed by atoms with E-state index < -0.39 is 10.0 Å². The maximum atomic E-state index is 12.1. The fourth-order valence-corrected chi connectivity index (χ4v) is 3.01. The van der Waals surface area contributed by atoms with Gasteiger partial charge in [0.1, 0.15) is 10.7 Å². The lowest BCUT2D eigenvalue weighted by atomic mass is 10.3. The zero-order valence-electron chi connectivity index (χ0n) is 9.47. The molecule has 0 fully saturated rings. The smallest absolute Gasteiger partial charge is 0.265 e. The Morgan fingerprint density at radius 1 is 1.26 bits per heavy atom. The summed E-state index contributed by atoms with van der Waals surface area (Å²) >= 11 is 8.89. The Balaban J connectivity index is 2.35. The predicted molar refractivity (Wildman–Crippen MR) is 78.6 cm³/mol. The van der Waals surface area contributed by atoms with Crippen LogP contribution in [0.15, 0.2) is 45.9 Å². The van der Waals surface area contributed by atoms with Gasteiger partial charge < -0.3 is 5.73 Å². The van der Waals surface area contributed by atoms with Gasteiger partial charge in [0.05, 0.1) is 10.7 Å². The number of nitrogens with one attached hydrogen (secondary N) is 1. The highest BCUT2D eigenvalue weighted by Crippen LogP contribution is 2.24. The maximum absolute atomic E-state index is 12.1. The van der Waals surface area contributed by atoms with Gasteiger partial charge in [-0.15, -0.1) is 0 Å². The van der Waals surface area contributed by atoms with Crippen molar-refractivity contribution < 1.29 is 8.42 Å². The van der Waals surface area contributed by atoms with E-state index in [1.54, 1.807) is 6.07 Å². The minimum absolute atomic E-state index is 0.00699. The first-order valence-corrected chi connectivity index (χ1v) is 7.73. The summed E-state index contributed by atoms with van der Waals surface area (Å²) in [6.07, 6.45) is 1.35. The Hall–Kier alpha value is -1.31. The molecule has 0 aliphatic heterocycles. The average molecular weight is 363 g/mol. The predicted octanol–water partition coefficient (Wildman–Crippen LogP) is 2.88. The number of nitrogen functional groups attached to an aromatic ring is 1. The monoisotopic (exact) mass is 361 g/mol. The molecule has 0 radical (unpaired) electrons. The van der Waals surface area contributed by atoms with E-state index in [-0.39, 0.29) is 16.4 Å². The molecule has 0 unspecified atom stereocenters. The number of aromatic nitrogens is 1. The lowest BCUT2D eigenvalue weighted by molar-refractivity contribution is 0.601. The highest BCUT2D eigenvalue weighted by Gasteiger charge is 2.18. The Morgan fingerprint density at radius 3 is 2.58 bits per heavy atom. The molecule has 0 saturated carbocycles. The Morgan fingerprint density at radius 2 is 2.00 bits per heavy atom. The van der Waals surface area contributed by atoms with Crippen LogP contribution in [0.3, 0.4) is 0 Å². The third-order valence-corrected chi connectivity index (χ3v) is 4.37. The molecule has 100 valence electrons. The van der Waals surface area contributed by atoms with Crippen LogP contribution in [-0.2, 0) is 10.0 Å². The molecule has 2 aromatic rings. The number of benzene rings is 1. The van der Waals surface area contributed by atoms with E-state index in [1.807, 2.05) is 0 Å². The van der Waals surface area contributed by atoms with Crippen LogP contribution in [0.2, 0.25) is 5.02 Å². The second kappa shape index (κ2) is 5.36. The molecule has 0 atom stereocenters. The van der Waals surface area contributed by atoms with Crippen molar-refractivity contribution in [2.45, 2.75) is 4.90 Å². The molecule has 1 heterocycles. The quantitative estimate of drug-likeness (QED) is 0.822. The fraction of sp³-hybridized carbons (Fsp3) is 0. The molecule has 1 aromatic carbocycles. The van der Waals surface area contributed by atoms with Gasteiger partial charge in [0, 0.05) is 10.7 Å². The van der Waals surface area contributed by atoms with Crippen LogP contribution >= 0.6 is 27.5 Å². The fourth-order valence-electron chi connectivity index (χ4n) is 1.39. The van der Waals surface area contributed by atoms with Crippen LogP contribution in [-0.4, -0.2) is 13.4 Å². The van der Waals surface area contributed by atoms with E-state index in [0.29, 0.717) is 9.50 Å². The highest BCUT2D eigenvalue weighted by molar-refractivity contribution is 9.10. The van der Waals surface area contributed by atoms with Gasteiger partial charge in [0.25, 0.3) is 10.0 Å². The maximum Gasteiger partial charge on any atom is 0.265 e. The number of anilines is 2. The van der Waals surface area contributed by atoms with Gasteiger partial charge in [0.2, 0.25) is 0 Å². The molecule has 0 aliphatic rings. The molecule has 0 saturated heterocycles. The van der Waals surface area contributed by atoms with E-state index in [4.69, 9.17) is 17.3 Å². The van der Waals surface area contributed by atoms with Gasteiger partial charge in [0.15, 0.2) is 0 Å². The number of hydrogen-bond donors (Lipinski definition) is 2. The molecule has 0 amide bonds.